The van der Waals surface area contributed by atoms with E-state index in [1.165, 1.54) is 0 Å². The highest BCUT2D eigenvalue weighted by atomic mass is 79.9. The molecular weight excluding hydrogens is 468 g/mol. The van der Waals surface area contributed by atoms with Crippen molar-refractivity contribution in [3.8, 4) is 0 Å². The van der Waals surface area contributed by atoms with Gasteiger partial charge in [0.2, 0.25) is 0 Å². The second-order valence-electron chi connectivity index (χ2n) is 6.59. The van der Waals surface area contributed by atoms with Crippen LogP contribution in [0.25, 0.3) is 0 Å². The predicted molar refractivity (Wildman–Crippen MR) is 121 cm³/mol. The predicted octanol–water partition coefficient (Wildman–Crippen LogP) is 3.00. The average molecular weight is 489 g/mol. The highest BCUT2D eigenvalue weighted by molar-refractivity contribution is 9.10. The highest BCUT2D eigenvalue weighted by Gasteiger charge is 2.23. The van der Waals surface area contributed by atoms with Crippen molar-refractivity contribution >= 4 is 45.0 Å². The lowest BCUT2D eigenvalue weighted by molar-refractivity contribution is -0.676. The Bertz CT molecular complexity index is 1030. The second kappa shape index (κ2) is 10.4. The molecule has 0 aliphatic heterocycles. The van der Waals surface area contributed by atoms with Crippen molar-refractivity contribution in [3.05, 3.63) is 99.0 Å². The normalized spacial score (nSPS) is 11.6. The van der Waals surface area contributed by atoms with Gasteiger partial charge in [0.15, 0.2) is 6.54 Å². The van der Waals surface area contributed by atoms with Crippen LogP contribution < -0.4 is 21.9 Å². The van der Waals surface area contributed by atoms with Gasteiger partial charge in [-0.3, -0.25) is 15.0 Å². The minimum absolute atomic E-state index is 0.132. The van der Waals surface area contributed by atoms with Crippen LogP contribution in [0.3, 0.4) is 0 Å². The first-order valence-electron chi connectivity index (χ1n) is 9.22. The molecule has 0 heterocycles. The molecule has 3 aromatic carbocycles. The summed E-state index contributed by atoms with van der Waals surface area (Å²) in [4.78, 5) is 24.5. The van der Waals surface area contributed by atoms with Crippen molar-refractivity contribution in [2.24, 2.45) is 5.84 Å². The monoisotopic (exact) mass is 487 g/mol. The molecular formula is C22H21BrClN4O2+. The third-order valence-electron chi connectivity index (χ3n) is 4.56. The number of anilines is 1. The molecule has 8 heteroatoms. The summed E-state index contributed by atoms with van der Waals surface area (Å²) in [6, 6.07) is 21.8. The van der Waals surface area contributed by atoms with Gasteiger partial charge in [-0.15, -0.1) is 0 Å². The van der Waals surface area contributed by atoms with Gasteiger partial charge >= 0.3 is 0 Å². The molecule has 0 aliphatic carbocycles. The molecule has 154 valence electrons. The Morgan fingerprint density at radius 3 is 2.40 bits per heavy atom. The van der Waals surface area contributed by atoms with E-state index < -0.39 is 0 Å². The maximum Gasteiger partial charge on any atom is 0.288 e. The van der Waals surface area contributed by atoms with E-state index in [2.05, 4.69) is 26.7 Å². The lowest BCUT2D eigenvalue weighted by Crippen LogP contribution is -2.88. The molecule has 6 nitrogen and oxygen atoms in total. The van der Waals surface area contributed by atoms with Crippen LogP contribution in [0.4, 0.5) is 5.69 Å². The van der Waals surface area contributed by atoms with Gasteiger partial charge in [-0.25, -0.2) is 5.84 Å². The summed E-state index contributed by atoms with van der Waals surface area (Å²) in [5, 5.41) is 5.41. The molecule has 0 aliphatic rings. The minimum Gasteiger partial charge on any atom is -0.328 e. The Morgan fingerprint density at radius 2 is 1.73 bits per heavy atom. The molecule has 3 aromatic rings. The Balaban J connectivity index is 1.96. The fourth-order valence-corrected chi connectivity index (χ4v) is 3.59. The zero-order chi connectivity index (χ0) is 21.5. The first-order chi connectivity index (χ1) is 14.5. The lowest BCUT2D eigenvalue weighted by Gasteiger charge is -2.20. The lowest BCUT2D eigenvalue weighted by atomic mass is 9.96. The summed E-state index contributed by atoms with van der Waals surface area (Å²) >= 11 is 9.43. The number of benzene rings is 3. The Morgan fingerprint density at radius 1 is 1.03 bits per heavy atom. The van der Waals surface area contributed by atoms with Gasteiger partial charge in [-0.1, -0.05) is 57.9 Å². The van der Waals surface area contributed by atoms with Crippen LogP contribution >= 0.6 is 27.5 Å². The van der Waals surface area contributed by atoms with Crippen LogP contribution in [0.5, 0.6) is 0 Å². The van der Waals surface area contributed by atoms with Crippen molar-refractivity contribution in [2.45, 2.75) is 6.04 Å². The number of halogens is 2. The van der Waals surface area contributed by atoms with Crippen LogP contribution in [0, 0.1) is 0 Å². The first kappa shape index (κ1) is 22.0. The van der Waals surface area contributed by atoms with Gasteiger partial charge in [-0.05, 0) is 42.5 Å². The molecule has 1 atom stereocenters. The summed E-state index contributed by atoms with van der Waals surface area (Å²) in [6.45, 7) is 0.132. The van der Waals surface area contributed by atoms with Gasteiger partial charge in [0.1, 0.15) is 6.04 Å². The molecule has 6 N–H and O–H groups in total. The first-order valence-corrected chi connectivity index (χ1v) is 10.4. The third-order valence-corrected chi connectivity index (χ3v) is 5.31. The van der Waals surface area contributed by atoms with Gasteiger partial charge in [0.25, 0.3) is 11.8 Å². The number of hydrazine groups is 1. The fourth-order valence-electron chi connectivity index (χ4n) is 3.09. The minimum atomic E-state index is -0.294. The van der Waals surface area contributed by atoms with Crippen LogP contribution in [-0.4, -0.2) is 18.4 Å². The molecule has 0 saturated heterocycles. The van der Waals surface area contributed by atoms with E-state index >= 15 is 0 Å². The second-order valence-corrected chi connectivity index (χ2v) is 7.94. The van der Waals surface area contributed by atoms with E-state index in [4.69, 9.17) is 17.4 Å². The van der Waals surface area contributed by atoms with Crippen LogP contribution in [0.1, 0.15) is 27.5 Å². The van der Waals surface area contributed by atoms with Crippen LogP contribution in [-0.2, 0) is 4.79 Å². The van der Waals surface area contributed by atoms with Crippen LogP contribution in [0.2, 0.25) is 5.02 Å². The maximum atomic E-state index is 12.8. The zero-order valence-corrected chi connectivity index (χ0v) is 18.3. The van der Waals surface area contributed by atoms with Crippen molar-refractivity contribution in [1.29, 1.82) is 0 Å². The van der Waals surface area contributed by atoms with Gasteiger partial charge in [0.05, 0.1) is 5.69 Å². The molecule has 0 spiro atoms. The van der Waals surface area contributed by atoms with Gasteiger partial charge in [-0.2, -0.15) is 0 Å². The molecule has 0 radical (unpaired) electrons. The van der Waals surface area contributed by atoms with E-state index in [9.17, 15) is 9.59 Å². The molecule has 0 saturated carbocycles. The Kier molecular flexibility index (Phi) is 7.59. The number of nitrogens with two attached hydrogens (primary N) is 2. The van der Waals surface area contributed by atoms with E-state index in [1.54, 1.807) is 24.3 Å². The van der Waals surface area contributed by atoms with Crippen molar-refractivity contribution in [3.63, 3.8) is 0 Å². The molecule has 0 aromatic heterocycles. The summed E-state index contributed by atoms with van der Waals surface area (Å²) in [7, 11) is 0. The number of amides is 2. The van der Waals surface area contributed by atoms with E-state index in [1.807, 2.05) is 53.8 Å². The fraction of sp³-hybridized carbons (Fsp3) is 0.0909. The Labute approximate surface area is 187 Å². The number of carbonyl (C=O) groups excluding carboxylic acids is 2. The number of quaternary nitrogens is 1. The summed E-state index contributed by atoms with van der Waals surface area (Å²) in [6.07, 6.45) is 0. The average Bonchev–Trinajstić information content (AvgIpc) is 2.76. The van der Waals surface area contributed by atoms with Gasteiger partial charge < -0.3 is 10.6 Å². The van der Waals surface area contributed by atoms with Crippen molar-refractivity contribution in [2.75, 3.05) is 11.9 Å². The molecule has 3 rings (SSSR count). The molecule has 2 amide bonds. The number of rotatable bonds is 7. The highest BCUT2D eigenvalue weighted by Crippen LogP contribution is 2.29. The van der Waals surface area contributed by atoms with Crippen molar-refractivity contribution < 1.29 is 14.9 Å². The molecule has 0 bridgehead atoms. The molecule has 30 heavy (non-hydrogen) atoms. The van der Waals surface area contributed by atoms with Crippen molar-refractivity contribution in [1.82, 2.24) is 5.43 Å². The molecule has 0 fully saturated rings. The number of hydrogen-bond donors (Lipinski definition) is 4. The smallest absolute Gasteiger partial charge is 0.288 e. The van der Waals surface area contributed by atoms with Gasteiger partial charge in [0, 0.05) is 26.2 Å². The Hall–Kier alpha value is -2.71. The van der Waals surface area contributed by atoms with Crippen LogP contribution in [0.15, 0.2) is 77.3 Å². The number of carbonyl (C=O) groups is 2. The summed E-state index contributed by atoms with van der Waals surface area (Å²) in [5.74, 6) is 4.69. The topological polar surface area (TPSA) is 101 Å². The summed E-state index contributed by atoms with van der Waals surface area (Å²) < 4.78 is 0.861. The third kappa shape index (κ3) is 5.67. The summed E-state index contributed by atoms with van der Waals surface area (Å²) in [5.41, 5.74) is 5.13. The van der Waals surface area contributed by atoms with E-state index in [0.717, 1.165) is 15.6 Å². The molecule has 1 unspecified atom stereocenters. The number of hydrogen-bond acceptors (Lipinski definition) is 3. The quantitative estimate of drug-likeness (QED) is 0.234. The SMILES string of the molecule is NNC(=O)C[NH2+]C(c1ccccc1)c1cc(Br)ccc1NC(=O)c1ccc(Cl)cc1. The largest absolute Gasteiger partial charge is 0.328 e. The zero-order valence-electron chi connectivity index (χ0n) is 15.9. The number of nitrogens with one attached hydrogen (secondary N) is 2. The standard InChI is InChI=1S/C22H20BrClN4O2/c23-16-8-11-19(27-22(30)15-6-9-17(24)10-7-15)18(12-16)21(26-13-20(29)28-25)14-4-2-1-3-5-14/h1-12,21,26H,13,25H2,(H,27,30)(H,28,29)/p+1. The van der Waals surface area contributed by atoms with E-state index in [-0.39, 0.29) is 24.4 Å². The maximum absolute atomic E-state index is 12.8. The van der Waals surface area contributed by atoms with E-state index in [0.29, 0.717) is 16.3 Å².